The Bertz CT molecular complexity index is 934. The number of aromatic nitrogens is 1. The monoisotopic (exact) mass is 407 g/mol. The van der Waals surface area contributed by atoms with Gasteiger partial charge >= 0.3 is 6.18 Å². The number of hydrogen-bond acceptors (Lipinski definition) is 6. The van der Waals surface area contributed by atoms with Crippen molar-refractivity contribution in [1.82, 2.24) is 10.3 Å². The summed E-state index contributed by atoms with van der Waals surface area (Å²) in [5.74, 6) is 0.352. The molecule has 0 radical (unpaired) electrons. The van der Waals surface area contributed by atoms with Gasteiger partial charge in [0, 0.05) is 19.0 Å². The van der Waals surface area contributed by atoms with Gasteiger partial charge in [-0.15, -0.1) is 0 Å². The van der Waals surface area contributed by atoms with Crippen molar-refractivity contribution in [3.8, 4) is 11.5 Å². The molecule has 1 N–H and O–H groups in total. The zero-order valence-electron chi connectivity index (χ0n) is 15.0. The molecule has 10 heteroatoms. The molecule has 3 heterocycles. The summed E-state index contributed by atoms with van der Waals surface area (Å²) < 4.78 is 50.7. The first-order valence-corrected chi connectivity index (χ1v) is 8.78. The first-order chi connectivity index (χ1) is 13.9. The summed E-state index contributed by atoms with van der Waals surface area (Å²) in [7, 11) is 0. The number of nitrogens with zero attached hydrogens (tertiary/aromatic N) is 2. The molecule has 1 amide bonds. The number of halogens is 3. The number of alkyl halides is 3. The zero-order chi connectivity index (χ0) is 20.4. The summed E-state index contributed by atoms with van der Waals surface area (Å²) in [5, 5.41) is 5.83. The SMILES string of the molecule is O=C(N[C@@H](c1ccccn1)C(F)(F)F)[C@H]1CC(Cc2ccc3c(c2)OCO3)=NO1. The van der Waals surface area contributed by atoms with Crippen LogP contribution in [0.15, 0.2) is 47.8 Å². The molecule has 0 unspecified atom stereocenters. The van der Waals surface area contributed by atoms with E-state index in [1.54, 1.807) is 12.1 Å². The highest BCUT2D eigenvalue weighted by Crippen LogP contribution is 2.34. The minimum atomic E-state index is -4.70. The van der Waals surface area contributed by atoms with E-state index in [4.69, 9.17) is 14.3 Å². The zero-order valence-corrected chi connectivity index (χ0v) is 15.0. The molecule has 0 bridgehead atoms. The molecule has 2 aliphatic heterocycles. The third-order valence-electron chi connectivity index (χ3n) is 4.47. The van der Waals surface area contributed by atoms with Crippen LogP contribution in [0.4, 0.5) is 13.2 Å². The van der Waals surface area contributed by atoms with Gasteiger partial charge < -0.3 is 19.6 Å². The molecule has 2 aliphatic rings. The van der Waals surface area contributed by atoms with E-state index in [0.29, 0.717) is 23.6 Å². The highest BCUT2D eigenvalue weighted by molar-refractivity contribution is 5.94. The molecule has 152 valence electrons. The van der Waals surface area contributed by atoms with Gasteiger partial charge in [-0.1, -0.05) is 17.3 Å². The van der Waals surface area contributed by atoms with Crippen molar-refractivity contribution in [2.45, 2.75) is 31.2 Å². The molecule has 4 rings (SSSR count). The molecule has 2 atom stereocenters. The van der Waals surface area contributed by atoms with Crippen molar-refractivity contribution >= 4 is 11.6 Å². The molecule has 2 aromatic rings. The maximum atomic E-state index is 13.4. The third-order valence-corrected chi connectivity index (χ3v) is 4.47. The van der Waals surface area contributed by atoms with Crippen LogP contribution in [0, 0.1) is 0 Å². The number of oxime groups is 1. The minimum Gasteiger partial charge on any atom is -0.454 e. The van der Waals surface area contributed by atoms with Crippen LogP contribution in [0.5, 0.6) is 11.5 Å². The Morgan fingerprint density at radius 2 is 2.03 bits per heavy atom. The Labute approximate surface area is 163 Å². The lowest BCUT2D eigenvalue weighted by Gasteiger charge is -2.22. The molecule has 0 aliphatic carbocycles. The lowest BCUT2D eigenvalue weighted by atomic mass is 10.0. The molecule has 29 heavy (non-hydrogen) atoms. The van der Waals surface area contributed by atoms with Gasteiger partial charge in [0.1, 0.15) is 0 Å². The Morgan fingerprint density at radius 1 is 1.21 bits per heavy atom. The van der Waals surface area contributed by atoms with E-state index in [1.165, 1.54) is 24.4 Å². The van der Waals surface area contributed by atoms with Crippen LogP contribution >= 0.6 is 0 Å². The number of nitrogens with one attached hydrogen (secondary N) is 1. The second kappa shape index (κ2) is 7.61. The smallest absolute Gasteiger partial charge is 0.414 e. The van der Waals surface area contributed by atoms with Crippen LogP contribution in [0.25, 0.3) is 0 Å². The maximum Gasteiger partial charge on any atom is 0.414 e. The average Bonchev–Trinajstić information content (AvgIpc) is 3.35. The number of carbonyl (C=O) groups is 1. The number of rotatable bonds is 5. The summed E-state index contributed by atoms with van der Waals surface area (Å²) in [6.07, 6.45) is -4.12. The summed E-state index contributed by atoms with van der Waals surface area (Å²) >= 11 is 0. The predicted octanol–water partition coefficient (Wildman–Crippen LogP) is 2.92. The van der Waals surface area contributed by atoms with Crippen LogP contribution in [0.3, 0.4) is 0 Å². The van der Waals surface area contributed by atoms with Gasteiger partial charge in [-0.2, -0.15) is 13.2 Å². The topological polar surface area (TPSA) is 82.0 Å². The average molecular weight is 407 g/mol. The van der Waals surface area contributed by atoms with Gasteiger partial charge in [-0.05, 0) is 29.8 Å². The Kier molecular flexibility index (Phi) is 4.99. The molecule has 1 aromatic carbocycles. The van der Waals surface area contributed by atoms with Crippen molar-refractivity contribution in [2.24, 2.45) is 5.16 Å². The fraction of sp³-hybridized carbons (Fsp3) is 0.316. The van der Waals surface area contributed by atoms with Crippen LogP contribution in [0.2, 0.25) is 0 Å². The van der Waals surface area contributed by atoms with Crippen molar-refractivity contribution in [3.63, 3.8) is 0 Å². The van der Waals surface area contributed by atoms with Gasteiger partial charge in [0.05, 0.1) is 11.4 Å². The molecule has 0 saturated carbocycles. The molecule has 0 saturated heterocycles. The quantitative estimate of drug-likeness (QED) is 0.824. The lowest BCUT2D eigenvalue weighted by molar-refractivity contribution is -0.167. The normalized spacial score (nSPS) is 18.7. The Balaban J connectivity index is 1.38. The minimum absolute atomic E-state index is 0.0903. The van der Waals surface area contributed by atoms with Gasteiger partial charge in [0.2, 0.25) is 12.9 Å². The van der Waals surface area contributed by atoms with Crippen LogP contribution in [-0.4, -0.2) is 35.7 Å². The third kappa shape index (κ3) is 4.25. The highest BCUT2D eigenvalue weighted by atomic mass is 19.4. The predicted molar refractivity (Wildman–Crippen MR) is 94.4 cm³/mol. The van der Waals surface area contributed by atoms with Crippen molar-refractivity contribution in [2.75, 3.05) is 6.79 Å². The summed E-state index contributed by atoms with van der Waals surface area (Å²) in [6.45, 7) is 0.154. The molecule has 7 nitrogen and oxygen atoms in total. The van der Waals surface area contributed by atoms with E-state index in [2.05, 4.69) is 10.1 Å². The summed E-state index contributed by atoms with van der Waals surface area (Å²) in [5.41, 5.74) is 1.11. The highest BCUT2D eigenvalue weighted by Gasteiger charge is 2.44. The van der Waals surface area contributed by atoms with Crippen LogP contribution in [0.1, 0.15) is 23.7 Å². The van der Waals surface area contributed by atoms with Gasteiger partial charge in [-0.25, -0.2) is 0 Å². The molecule has 0 spiro atoms. The molecule has 1 aromatic heterocycles. The number of hydrogen-bond donors (Lipinski definition) is 1. The number of ether oxygens (including phenoxy) is 2. The Hall–Kier alpha value is -3.30. The maximum absolute atomic E-state index is 13.4. The number of benzene rings is 1. The molecular weight excluding hydrogens is 391 g/mol. The number of pyridine rings is 1. The van der Waals surface area contributed by atoms with E-state index < -0.39 is 24.2 Å². The van der Waals surface area contributed by atoms with E-state index in [1.807, 2.05) is 11.4 Å². The van der Waals surface area contributed by atoms with E-state index in [-0.39, 0.29) is 18.9 Å². The van der Waals surface area contributed by atoms with E-state index >= 15 is 0 Å². The van der Waals surface area contributed by atoms with Crippen molar-refractivity contribution in [1.29, 1.82) is 0 Å². The van der Waals surface area contributed by atoms with E-state index in [0.717, 1.165) is 5.56 Å². The van der Waals surface area contributed by atoms with Crippen molar-refractivity contribution in [3.05, 3.63) is 53.9 Å². The first kappa shape index (κ1) is 19.0. The first-order valence-electron chi connectivity index (χ1n) is 8.78. The van der Waals surface area contributed by atoms with Crippen molar-refractivity contribution < 1.29 is 32.3 Å². The van der Waals surface area contributed by atoms with Gasteiger partial charge in [0.15, 0.2) is 17.5 Å². The fourth-order valence-corrected chi connectivity index (χ4v) is 3.06. The number of amides is 1. The standard InChI is InChI=1S/C19H16F3N3O4/c20-19(21,22)17(13-3-1-2-6-23-13)24-18(26)16-9-12(25-29-16)7-11-4-5-14-15(8-11)28-10-27-14/h1-6,8,16-17H,7,9-10H2,(H,24,26)/t16-,17+/m1/s1. The molecular formula is C19H16F3N3O4. The van der Waals surface area contributed by atoms with E-state index in [9.17, 15) is 18.0 Å². The number of fused-ring (bicyclic) bond motifs is 1. The second-order valence-electron chi connectivity index (χ2n) is 6.56. The second-order valence-corrected chi connectivity index (χ2v) is 6.56. The lowest BCUT2D eigenvalue weighted by Crippen LogP contribution is -2.43. The summed E-state index contributed by atoms with van der Waals surface area (Å²) in [6, 6.07) is 7.27. The fourth-order valence-electron chi connectivity index (χ4n) is 3.06. The molecule has 0 fully saturated rings. The number of carbonyl (C=O) groups excluding carboxylic acids is 1. The Morgan fingerprint density at radius 3 is 2.79 bits per heavy atom. The van der Waals surface area contributed by atoms with Gasteiger partial charge in [0.25, 0.3) is 5.91 Å². The van der Waals surface area contributed by atoms with Crippen LogP contribution in [-0.2, 0) is 16.1 Å². The van der Waals surface area contributed by atoms with Gasteiger partial charge in [-0.3, -0.25) is 9.78 Å². The summed E-state index contributed by atoms with van der Waals surface area (Å²) in [4.78, 5) is 21.1. The van der Waals surface area contributed by atoms with Crippen LogP contribution < -0.4 is 14.8 Å². The largest absolute Gasteiger partial charge is 0.454 e.